The van der Waals surface area contributed by atoms with Crippen LogP contribution >= 0.6 is 12.4 Å². The summed E-state index contributed by atoms with van der Waals surface area (Å²) in [5.74, 6) is 0. The first kappa shape index (κ1) is 12.8. The van der Waals surface area contributed by atoms with Gasteiger partial charge in [0, 0.05) is 6.54 Å². The lowest BCUT2D eigenvalue weighted by Crippen LogP contribution is -2.30. The average Bonchev–Trinajstić information content (AvgIpc) is 1.62. The Labute approximate surface area is 69.5 Å². The normalized spacial score (nSPS) is 14.1. The van der Waals surface area contributed by atoms with E-state index in [0.717, 1.165) is 0 Å². The van der Waals surface area contributed by atoms with Crippen molar-refractivity contribution in [1.82, 2.24) is 0 Å². The van der Waals surface area contributed by atoms with E-state index in [0.29, 0.717) is 6.54 Å². The Bertz CT molecular complexity index is 80.2. The summed E-state index contributed by atoms with van der Waals surface area (Å²) >= 11 is 0. The summed E-state index contributed by atoms with van der Waals surface area (Å²) in [5.41, 5.74) is 5.30. The highest BCUT2D eigenvalue weighted by atomic mass is 35.5. The van der Waals surface area contributed by atoms with Gasteiger partial charge in [-0.3, -0.25) is 0 Å². The lowest BCUT2D eigenvalue weighted by molar-refractivity contribution is -0.0466. The monoisotopic (exact) mass is 167 g/mol. The second kappa shape index (κ2) is 4.94. The molecule has 0 bridgehead atoms. The zero-order valence-corrected chi connectivity index (χ0v) is 7.99. The minimum atomic E-state index is -0.0568. The van der Waals surface area contributed by atoms with Crippen LogP contribution in [-0.4, -0.2) is 18.2 Å². The highest BCUT2D eigenvalue weighted by Crippen LogP contribution is 2.09. The van der Waals surface area contributed by atoms with E-state index in [9.17, 15) is 0 Å². The number of ether oxygens (including phenoxy) is 1. The molecule has 0 rings (SSSR count). The van der Waals surface area contributed by atoms with Gasteiger partial charge < -0.3 is 10.5 Å². The van der Waals surface area contributed by atoms with Crippen LogP contribution in [0.15, 0.2) is 0 Å². The Kier molecular flexibility index (Phi) is 6.35. The van der Waals surface area contributed by atoms with Gasteiger partial charge in [-0.2, -0.15) is 0 Å². The Morgan fingerprint density at radius 3 is 1.90 bits per heavy atom. The zero-order valence-electron chi connectivity index (χ0n) is 7.18. The molecular formula is C7H18ClNO. The van der Waals surface area contributed by atoms with Crippen molar-refractivity contribution in [1.29, 1.82) is 0 Å². The molecule has 10 heavy (non-hydrogen) atoms. The van der Waals surface area contributed by atoms with Gasteiger partial charge in [0.1, 0.15) is 0 Å². The first-order chi connectivity index (χ1) is 3.95. The van der Waals surface area contributed by atoms with Gasteiger partial charge in [-0.05, 0) is 27.7 Å². The molecule has 0 fully saturated rings. The van der Waals surface area contributed by atoms with Crippen molar-refractivity contribution in [2.75, 3.05) is 6.54 Å². The standard InChI is InChI=1S/C7H17NO.ClH/c1-6(5-8)9-7(2,3)4;/h6H,5,8H2,1-4H3;1H. The minimum Gasteiger partial charge on any atom is -0.372 e. The third-order valence-electron chi connectivity index (χ3n) is 0.887. The predicted octanol–water partition coefficient (Wildman–Crippen LogP) is 1.57. The smallest absolute Gasteiger partial charge is 0.0676 e. The summed E-state index contributed by atoms with van der Waals surface area (Å²) in [6, 6.07) is 0. The molecule has 0 aliphatic heterocycles. The first-order valence-corrected chi connectivity index (χ1v) is 3.33. The molecule has 1 unspecified atom stereocenters. The van der Waals surface area contributed by atoms with Gasteiger partial charge in [0.15, 0.2) is 0 Å². The van der Waals surface area contributed by atoms with Crippen molar-refractivity contribution in [2.24, 2.45) is 5.73 Å². The lowest BCUT2D eigenvalue weighted by atomic mass is 10.2. The van der Waals surface area contributed by atoms with Crippen LogP contribution in [0, 0.1) is 0 Å². The Morgan fingerprint density at radius 1 is 1.40 bits per heavy atom. The molecule has 0 aliphatic rings. The molecule has 2 nitrogen and oxygen atoms in total. The molecule has 2 N–H and O–H groups in total. The number of hydrogen-bond donors (Lipinski definition) is 1. The molecule has 0 aromatic carbocycles. The molecular weight excluding hydrogens is 150 g/mol. The fourth-order valence-corrected chi connectivity index (χ4v) is 0.652. The van der Waals surface area contributed by atoms with Gasteiger partial charge in [-0.15, -0.1) is 12.4 Å². The summed E-state index contributed by atoms with van der Waals surface area (Å²) in [4.78, 5) is 0. The third-order valence-corrected chi connectivity index (χ3v) is 0.887. The highest BCUT2D eigenvalue weighted by molar-refractivity contribution is 5.85. The molecule has 0 aromatic heterocycles. The van der Waals surface area contributed by atoms with Crippen LogP contribution < -0.4 is 5.73 Å². The predicted molar refractivity (Wildman–Crippen MR) is 46.6 cm³/mol. The Balaban J connectivity index is 0. The van der Waals surface area contributed by atoms with E-state index < -0.39 is 0 Å². The van der Waals surface area contributed by atoms with Crippen LogP contribution in [0.2, 0.25) is 0 Å². The Hall–Kier alpha value is 0.210. The van der Waals surface area contributed by atoms with Crippen molar-refractivity contribution in [3.8, 4) is 0 Å². The van der Waals surface area contributed by atoms with Crippen LogP contribution in [0.3, 0.4) is 0 Å². The van der Waals surface area contributed by atoms with E-state index in [1.54, 1.807) is 0 Å². The third kappa shape index (κ3) is 8.21. The molecule has 0 spiro atoms. The number of hydrogen-bond acceptors (Lipinski definition) is 2. The zero-order chi connectivity index (χ0) is 7.49. The maximum absolute atomic E-state index is 5.46. The van der Waals surface area contributed by atoms with Gasteiger partial charge >= 0.3 is 0 Å². The molecule has 0 heterocycles. The van der Waals surface area contributed by atoms with Gasteiger partial charge in [0.2, 0.25) is 0 Å². The molecule has 0 aliphatic carbocycles. The fourth-order valence-electron chi connectivity index (χ4n) is 0.652. The van der Waals surface area contributed by atoms with E-state index in [1.165, 1.54) is 0 Å². The van der Waals surface area contributed by atoms with Crippen molar-refractivity contribution >= 4 is 12.4 Å². The second-order valence-corrected chi connectivity index (χ2v) is 3.28. The maximum atomic E-state index is 5.46. The van der Waals surface area contributed by atoms with Crippen LogP contribution in [0.5, 0.6) is 0 Å². The van der Waals surface area contributed by atoms with E-state index in [-0.39, 0.29) is 24.1 Å². The molecule has 0 amide bonds. The summed E-state index contributed by atoms with van der Waals surface area (Å²) in [5, 5.41) is 0. The van der Waals surface area contributed by atoms with E-state index in [1.807, 2.05) is 27.7 Å². The number of rotatable bonds is 2. The van der Waals surface area contributed by atoms with Crippen molar-refractivity contribution in [3.05, 3.63) is 0 Å². The Morgan fingerprint density at radius 2 is 1.80 bits per heavy atom. The SMILES string of the molecule is CC(CN)OC(C)(C)C.Cl. The van der Waals surface area contributed by atoms with E-state index in [4.69, 9.17) is 10.5 Å². The summed E-state index contributed by atoms with van der Waals surface area (Å²) < 4.78 is 5.46. The first-order valence-electron chi connectivity index (χ1n) is 3.33. The molecule has 0 radical (unpaired) electrons. The van der Waals surface area contributed by atoms with Crippen LogP contribution in [0.25, 0.3) is 0 Å². The van der Waals surface area contributed by atoms with Crippen LogP contribution in [-0.2, 0) is 4.74 Å². The van der Waals surface area contributed by atoms with E-state index >= 15 is 0 Å². The minimum absolute atomic E-state index is 0. The highest BCUT2D eigenvalue weighted by Gasteiger charge is 2.13. The summed E-state index contributed by atoms with van der Waals surface area (Å²) in [7, 11) is 0. The van der Waals surface area contributed by atoms with Gasteiger partial charge in [0.05, 0.1) is 11.7 Å². The molecule has 0 aromatic rings. The van der Waals surface area contributed by atoms with Gasteiger partial charge in [-0.25, -0.2) is 0 Å². The van der Waals surface area contributed by atoms with Gasteiger partial charge in [0.25, 0.3) is 0 Å². The topological polar surface area (TPSA) is 35.2 Å². The van der Waals surface area contributed by atoms with Crippen molar-refractivity contribution in [2.45, 2.75) is 39.4 Å². The average molecular weight is 168 g/mol. The number of halogens is 1. The second-order valence-electron chi connectivity index (χ2n) is 3.28. The van der Waals surface area contributed by atoms with E-state index in [2.05, 4.69) is 0 Å². The van der Waals surface area contributed by atoms with Crippen LogP contribution in [0.1, 0.15) is 27.7 Å². The summed E-state index contributed by atoms with van der Waals surface area (Å²) in [6.07, 6.45) is 0.171. The molecule has 64 valence electrons. The summed E-state index contributed by atoms with van der Waals surface area (Å²) in [6.45, 7) is 8.65. The molecule has 0 saturated carbocycles. The molecule has 3 heteroatoms. The lowest BCUT2D eigenvalue weighted by Gasteiger charge is -2.23. The number of nitrogens with two attached hydrogens (primary N) is 1. The van der Waals surface area contributed by atoms with Crippen molar-refractivity contribution < 1.29 is 4.74 Å². The maximum Gasteiger partial charge on any atom is 0.0676 e. The largest absolute Gasteiger partial charge is 0.372 e. The van der Waals surface area contributed by atoms with Crippen LogP contribution in [0.4, 0.5) is 0 Å². The molecule has 0 saturated heterocycles. The van der Waals surface area contributed by atoms with Crippen molar-refractivity contribution in [3.63, 3.8) is 0 Å². The quantitative estimate of drug-likeness (QED) is 0.678. The molecule has 1 atom stereocenters. The van der Waals surface area contributed by atoms with Gasteiger partial charge in [-0.1, -0.05) is 0 Å². The fraction of sp³-hybridized carbons (Fsp3) is 1.00.